The zero-order chi connectivity index (χ0) is 16.5. The number of nitrogens with zero attached hydrogens (tertiary/aromatic N) is 3. The van der Waals surface area contributed by atoms with E-state index in [1.165, 1.54) is 5.56 Å². The molecule has 116 valence electrons. The van der Waals surface area contributed by atoms with E-state index in [0.717, 1.165) is 33.4 Å². The van der Waals surface area contributed by atoms with Crippen LogP contribution in [0.2, 0.25) is 0 Å². The average Bonchev–Trinajstić information content (AvgIpc) is 2.63. The van der Waals surface area contributed by atoms with Gasteiger partial charge in [-0.05, 0) is 37.1 Å². The Morgan fingerprint density at radius 1 is 0.708 bits per heavy atom. The smallest absolute Gasteiger partial charge is 0.178 e. The lowest BCUT2D eigenvalue weighted by atomic mass is 10.1. The normalized spacial score (nSPS) is 10.9. The van der Waals surface area contributed by atoms with E-state index in [0.29, 0.717) is 5.82 Å². The van der Waals surface area contributed by atoms with Gasteiger partial charge >= 0.3 is 0 Å². The number of rotatable bonds is 2. The van der Waals surface area contributed by atoms with E-state index in [9.17, 15) is 0 Å². The molecule has 2 aromatic carbocycles. The van der Waals surface area contributed by atoms with E-state index in [-0.39, 0.29) is 0 Å². The largest absolute Gasteiger partial charge is 0.244 e. The van der Waals surface area contributed by atoms with E-state index in [1.807, 2.05) is 42.6 Å². The molecule has 0 amide bonds. The molecule has 0 fully saturated rings. The molecular weight excluding hydrogens is 294 g/mol. The van der Waals surface area contributed by atoms with E-state index < -0.39 is 0 Å². The second-order valence-corrected chi connectivity index (χ2v) is 5.93. The maximum Gasteiger partial charge on any atom is 0.178 e. The summed E-state index contributed by atoms with van der Waals surface area (Å²) in [5.41, 5.74) is 6.14. The Bertz CT molecular complexity index is 1020. The van der Waals surface area contributed by atoms with E-state index in [2.05, 4.69) is 43.1 Å². The third-order valence-corrected chi connectivity index (χ3v) is 4.22. The molecule has 0 aliphatic heterocycles. The lowest BCUT2D eigenvalue weighted by molar-refractivity contribution is 1.16. The van der Waals surface area contributed by atoms with Gasteiger partial charge in [0.2, 0.25) is 0 Å². The summed E-state index contributed by atoms with van der Waals surface area (Å²) in [6.45, 7) is 4.15. The van der Waals surface area contributed by atoms with Crippen LogP contribution in [-0.4, -0.2) is 15.0 Å². The number of benzene rings is 2. The van der Waals surface area contributed by atoms with Gasteiger partial charge in [0.1, 0.15) is 5.69 Å². The summed E-state index contributed by atoms with van der Waals surface area (Å²) in [4.78, 5) is 14.0. The van der Waals surface area contributed by atoms with Crippen LogP contribution in [0, 0.1) is 13.8 Å². The first kappa shape index (κ1) is 14.5. The maximum absolute atomic E-state index is 4.82. The van der Waals surface area contributed by atoms with Crippen LogP contribution in [0.15, 0.2) is 66.9 Å². The van der Waals surface area contributed by atoms with Crippen LogP contribution in [0.25, 0.3) is 33.7 Å². The second kappa shape index (κ2) is 5.85. The molecule has 0 atom stereocenters. The zero-order valence-corrected chi connectivity index (χ0v) is 13.7. The highest BCUT2D eigenvalue weighted by Crippen LogP contribution is 2.25. The number of aromatic nitrogens is 3. The number of fused-ring (bicyclic) bond motifs is 1. The Balaban J connectivity index is 1.85. The second-order valence-electron chi connectivity index (χ2n) is 5.93. The fourth-order valence-corrected chi connectivity index (χ4v) is 2.86. The van der Waals surface area contributed by atoms with Gasteiger partial charge in [-0.15, -0.1) is 0 Å². The Morgan fingerprint density at radius 3 is 2.38 bits per heavy atom. The van der Waals surface area contributed by atoms with E-state index in [1.54, 1.807) is 0 Å². The molecule has 4 rings (SSSR count). The molecule has 0 spiro atoms. The van der Waals surface area contributed by atoms with Crippen molar-refractivity contribution in [3.8, 4) is 22.8 Å². The van der Waals surface area contributed by atoms with Crippen molar-refractivity contribution < 1.29 is 0 Å². The van der Waals surface area contributed by atoms with Gasteiger partial charge in [-0.25, -0.2) is 15.0 Å². The molecule has 2 aromatic heterocycles. The predicted molar refractivity (Wildman–Crippen MR) is 97.7 cm³/mol. The molecule has 0 bridgehead atoms. The van der Waals surface area contributed by atoms with Crippen LogP contribution in [0.3, 0.4) is 0 Å². The highest BCUT2D eigenvalue weighted by Gasteiger charge is 2.10. The summed E-state index contributed by atoms with van der Waals surface area (Å²) in [6.07, 6.45) is 1.89. The SMILES string of the molecule is Cc1ccc(-c2ncc3c(C)cccc3n2)nc1-c1ccccc1. The van der Waals surface area contributed by atoms with Crippen LogP contribution in [0.1, 0.15) is 11.1 Å². The van der Waals surface area contributed by atoms with Crippen molar-refractivity contribution in [2.24, 2.45) is 0 Å². The van der Waals surface area contributed by atoms with Crippen molar-refractivity contribution in [3.63, 3.8) is 0 Å². The minimum atomic E-state index is 0.658. The molecule has 0 unspecified atom stereocenters. The van der Waals surface area contributed by atoms with Crippen molar-refractivity contribution in [3.05, 3.63) is 78.0 Å². The molecule has 3 nitrogen and oxygen atoms in total. The van der Waals surface area contributed by atoms with Gasteiger partial charge in [0.15, 0.2) is 5.82 Å². The van der Waals surface area contributed by atoms with Crippen LogP contribution in [0.4, 0.5) is 0 Å². The number of pyridine rings is 1. The van der Waals surface area contributed by atoms with Crippen LogP contribution in [0.5, 0.6) is 0 Å². The summed E-state index contributed by atoms with van der Waals surface area (Å²) in [5.74, 6) is 0.658. The van der Waals surface area contributed by atoms with E-state index in [4.69, 9.17) is 9.97 Å². The minimum Gasteiger partial charge on any atom is -0.244 e. The fourth-order valence-electron chi connectivity index (χ4n) is 2.86. The highest BCUT2D eigenvalue weighted by atomic mass is 14.9. The average molecular weight is 311 g/mol. The van der Waals surface area contributed by atoms with Gasteiger partial charge in [0.05, 0.1) is 11.2 Å². The number of aryl methyl sites for hydroxylation is 2. The molecule has 0 saturated carbocycles. The van der Waals surface area contributed by atoms with Gasteiger partial charge < -0.3 is 0 Å². The molecule has 0 N–H and O–H groups in total. The van der Waals surface area contributed by atoms with Crippen LogP contribution in [-0.2, 0) is 0 Å². The first-order valence-corrected chi connectivity index (χ1v) is 7.98. The molecule has 24 heavy (non-hydrogen) atoms. The van der Waals surface area contributed by atoms with Crippen molar-refractivity contribution in [2.75, 3.05) is 0 Å². The molecule has 4 aromatic rings. The molecular formula is C21H17N3. The minimum absolute atomic E-state index is 0.658. The van der Waals surface area contributed by atoms with Crippen molar-refractivity contribution in [1.29, 1.82) is 0 Å². The third kappa shape index (κ3) is 2.54. The number of hydrogen-bond acceptors (Lipinski definition) is 3. The maximum atomic E-state index is 4.82. The van der Waals surface area contributed by atoms with Crippen molar-refractivity contribution in [1.82, 2.24) is 15.0 Å². The topological polar surface area (TPSA) is 38.7 Å². The van der Waals surface area contributed by atoms with Crippen molar-refractivity contribution >= 4 is 10.9 Å². The summed E-state index contributed by atoms with van der Waals surface area (Å²) in [5, 5.41) is 1.08. The van der Waals surface area contributed by atoms with Gasteiger partial charge in [-0.3, -0.25) is 0 Å². The Morgan fingerprint density at radius 2 is 1.54 bits per heavy atom. The number of hydrogen-bond donors (Lipinski definition) is 0. The van der Waals surface area contributed by atoms with Gasteiger partial charge in [0.25, 0.3) is 0 Å². The summed E-state index contributed by atoms with van der Waals surface area (Å²) < 4.78 is 0. The van der Waals surface area contributed by atoms with Gasteiger partial charge in [-0.2, -0.15) is 0 Å². The summed E-state index contributed by atoms with van der Waals surface area (Å²) in [7, 11) is 0. The molecule has 0 aliphatic rings. The van der Waals surface area contributed by atoms with Crippen LogP contribution < -0.4 is 0 Å². The van der Waals surface area contributed by atoms with E-state index >= 15 is 0 Å². The highest BCUT2D eigenvalue weighted by molar-refractivity contribution is 5.82. The standard InChI is InChI=1S/C21H17N3/c1-14-7-6-10-18-17(14)13-22-21(24-18)19-12-11-15(2)20(23-19)16-8-4-3-5-9-16/h3-13H,1-2H3. The first-order chi connectivity index (χ1) is 11.7. The molecule has 2 heterocycles. The summed E-state index contributed by atoms with van der Waals surface area (Å²) in [6, 6.07) is 20.4. The van der Waals surface area contributed by atoms with Gasteiger partial charge in [-0.1, -0.05) is 48.5 Å². The monoisotopic (exact) mass is 311 g/mol. The van der Waals surface area contributed by atoms with Crippen molar-refractivity contribution in [2.45, 2.75) is 13.8 Å². The zero-order valence-electron chi connectivity index (χ0n) is 13.7. The Kier molecular flexibility index (Phi) is 3.54. The Labute approximate surface area is 141 Å². The lowest BCUT2D eigenvalue weighted by Gasteiger charge is -2.08. The molecule has 0 saturated heterocycles. The fraction of sp³-hybridized carbons (Fsp3) is 0.0952. The lowest BCUT2D eigenvalue weighted by Crippen LogP contribution is -1.96. The molecule has 0 aliphatic carbocycles. The molecule has 3 heteroatoms. The van der Waals surface area contributed by atoms with Gasteiger partial charge in [0, 0.05) is 17.1 Å². The molecule has 0 radical (unpaired) electrons. The quantitative estimate of drug-likeness (QED) is 0.524. The summed E-state index contributed by atoms with van der Waals surface area (Å²) >= 11 is 0. The van der Waals surface area contributed by atoms with Crippen LogP contribution >= 0.6 is 0 Å². The Hall–Kier alpha value is -3.07. The third-order valence-electron chi connectivity index (χ3n) is 4.22. The predicted octanol–water partition coefficient (Wildman–Crippen LogP) is 4.98. The first-order valence-electron chi connectivity index (χ1n) is 7.98.